The molecule has 39 heavy (non-hydrogen) atoms. The lowest BCUT2D eigenvalue weighted by molar-refractivity contribution is -0.163. The van der Waals surface area contributed by atoms with Gasteiger partial charge < -0.3 is 9.80 Å². The molecular formula is C30H39F2N5O2. The van der Waals surface area contributed by atoms with Crippen molar-refractivity contribution in [1.29, 1.82) is 0 Å². The molecule has 0 bridgehead atoms. The van der Waals surface area contributed by atoms with Crippen molar-refractivity contribution in [1.82, 2.24) is 24.7 Å². The molecule has 0 N–H and O–H groups in total. The molecule has 9 heteroatoms. The largest absolute Gasteiger partial charge is 0.338 e. The summed E-state index contributed by atoms with van der Waals surface area (Å²) in [5, 5.41) is 0. The van der Waals surface area contributed by atoms with Crippen molar-refractivity contribution in [2.75, 3.05) is 26.2 Å². The van der Waals surface area contributed by atoms with Crippen LogP contribution in [0.5, 0.6) is 0 Å². The van der Waals surface area contributed by atoms with Gasteiger partial charge >= 0.3 is 0 Å². The van der Waals surface area contributed by atoms with Crippen molar-refractivity contribution in [3.63, 3.8) is 0 Å². The van der Waals surface area contributed by atoms with Crippen LogP contribution in [0, 0.1) is 19.8 Å². The minimum Gasteiger partial charge on any atom is -0.338 e. The zero-order valence-corrected chi connectivity index (χ0v) is 23.2. The monoisotopic (exact) mass is 539 g/mol. The Morgan fingerprint density at radius 3 is 2.13 bits per heavy atom. The van der Waals surface area contributed by atoms with E-state index in [0.717, 1.165) is 44.3 Å². The van der Waals surface area contributed by atoms with Crippen LogP contribution in [0.15, 0.2) is 36.7 Å². The normalized spacial score (nSPS) is 21.8. The molecule has 1 aliphatic carbocycles. The van der Waals surface area contributed by atoms with Crippen LogP contribution in [0.25, 0.3) is 0 Å². The maximum absolute atomic E-state index is 13.6. The molecule has 1 aromatic carbocycles. The van der Waals surface area contributed by atoms with Gasteiger partial charge in [0, 0.05) is 63.1 Å². The smallest absolute Gasteiger partial charge is 0.257 e. The van der Waals surface area contributed by atoms with E-state index in [1.165, 1.54) is 6.33 Å². The molecule has 3 heterocycles. The molecule has 3 aliphatic rings. The minimum atomic E-state index is -2.71. The average Bonchev–Trinajstić information content (AvgIpc) is 2.91. The summed E-state index contributed by atoms with van der Waals surface area (Å²) in [6, 6.07) is 9.86. The highest BCUT2D eigenvalue weighted by atomic mass is 19.3. The highest BCUT2D eigenvalue weighted by molar-refractivity contribution is 5.96. The maximum Gasteiger partial charge on any atom is 0.257 e. The topological polar surface area (TPSA) is 69.6 Å². The molecule has 1 saturated carbocycles. The fourth-order valence-electron chi connectivity index (χ4n) is 6.52. The number of benzene rings is 1. The molecular weight excluding hydrogens is 500 g/mol. The Bertz CT molecular complexity index is 1160. The predicted molar refractivity (Wildman–Crippen MR) is 144 cm³/mol. The number of carbonyl (C=O) groups is 2. The lowest BCUT2D eigenvalue weighted by atomic mass is 9.79. The molecule has 3 fully saturated rings. The molecule has 210 valence electrons. The highest BCUT2D eigenvalue weighted by Gasteiger charge is 2.50. The number of aromatic nitrogens is 2. The Kier molecular flexibility index (Phi) is 7.73. The van der Waals surface area contributed by atoms with E-state index in [1.54, 1.807) is 0 Å². The van der Waals surface area contributed by atoms with Crippen LogP contribution >= 0.6 is 0 Å². The molecule has 1 aromatic heterocycles. The van der Waals surface area contributed by atoms with Crippen molar-refractivity contribution in [3.8, 4) is 0 Å². The summed E-state index contributed by atoms with van der Waals surface area (Å²) in [4.78, 5) is 41.3. The number of aryl methyl sites for hydroxylation is 2. The zero-order chi connectivity index (χ0) is 27.8. The van der Waals surface area contributed by atoms with Crippen molar-refractivity contribution in [3.05, 3.63) is 59.2 Å². The number of alkyl halides is 2. The van der Waals surface area contributed by atoms with Gasteiger partial charge in [-0.15, -0.1) is 0 Å². The predicted octanol–water partition coefficient (Wildman–Crippen LogP) is 4.63. The Morgan fingerprint density at radius 1 is 0.974 bits per heavy atom. The van der Waals surface area contributed by atoms with Gasteiger partial charge in [0.25, 0.3) is 5.91 Å². The van der Waals surface area contributed by atoms with Gasteiger partial charge in [0.2, 0.25) is 11.8 Å². The lowest BCUT2D eigenvalue weighted by Gasteiger charge is -2.50. The minimum absolute atomic E-state index is 0.00277. The van der Waals surface area contributed by atoms with Gasteiger partial charge in [0.15, 0.2) is 0 Å². The van der Waals surface area contributed by atoms with Crippen LogP contribution in [-0.2, 0) is 11.3 Å². The van der Waals surface area contributed by atoms with E-state index in [-0.39, 0.29) is 36.2 Å². The first-order chi connectivity index (χ1) is 18.6. The summed E-state index contributed by atoms with van der Waals surface area (Å²) < 4.78 is 27.2. The van der Waals surface area contributed by atoms with Gasteiger partial charge in [-0.3, -0.25) is 14.5 Å². The molecule has 7 nitrogen and oxygen atoms in total. The van der Waals surface area contributed by atoms with Crippen LogP contribution in [0.3, 0.4) is 0 Å². The van der Waals surface area contributed by atoms with Crippen LogP contribution in [-0.4, -0.2) is 80.2 Å². The molecule has 0 unspecified atom stereocenters. The van der Waals surface area contributed by atoms with Gasteiger partial charge in [-0.1, -0.05) is 30.3 Å². The van der Waals surface area contributed by atoms with Crippen molar-refractivity contribution in [2.24, 2.45) is 5.92 Å². The second-order valence-corrected chi connectivity index (χ2v) is 11.8. The van der Waals surface area contributed by atoms with E-state index in [9.17, 15) is 18.4 Å². The van der Waals surface area contributed by atoms with E-state index in [1.807, 2.05) is 54.0 Å². The summed E-state index contributed by atoms with van der Waals surface area (Å²) in [5.41, 5.74) is 3.03. The number of hydrogen-bond acceptors (Lipinski definition) is 5. The van der Waals surface area contributed by atoms with Crippen molar-refractivity contribution in [2.45, 2.75) is 83.3 Å². The van der Waals surface area contributed by atoms with E-state index in [0.29, 0.717) is 36.6 Å². The van der Waals surface area contributed by atoms with Crippen LogP contribution in [0.4, 0.5) is 8.78 Å². The first-order valence-electron chi connectivity index (χ1n) is 14.1. The second-order valence-electron chi connectivity index (χ2n) is 11.8. The summed E-state index contributed by atoms with van der Waals surface area (Å²) in [6.07, 6.45) is 4.21. The SMILES string of the molecule is Cc1ncnc(C)c1C(=O)N1CCC(C)(N2CCC(N(Cc3ccccc3)C(=O)C3CC(F)(F)C3)CC2)CC1. The van der Waals surface area contributed by atoms with Gasteiger partial charge in [-0.05, 0) is 52.0 Å². The van der Waals surface area contributed by atoms with E-state index in [4.69, 9.17) is 0 Å². The molecule has 2 aliphatic heterocycles. The zero-order valence-electron chi connectivity index (χ0n) is 23.2. The molecule has 2 saturated heterocycles. The third kappa shape index (κ3) is 5.83. The van der Waals surface area contributed by atoms with Crippen LogP contribution < -0.4 is 0 Å². The number of likely N-dealkylation sites (tertiary alicyclic amines) is 2. The third-order valence-corrected chi connectivity index (χ3v) is 9.15. The number of rotatable bonds is 6. The molecule has 2 aromatic rings. The standard InChI is InChI=1S/C30H39F2N5O2/c1-21-26(22(2)34-20-33-21)28(39)35-15-11-29(3,12-16-35)36-13-9-25(10-14-36)37(19-23-7-5-4-6-8-23)27(38)24-17-30(31,32)18-24/h4-8,20,24-25H,9-19H2,1-3H3. The number of amides is 2. The second kappa shape index (κ2) is 10.9. The third-order valence-electron chi connectivity index (χ3n) is 9.15. The molecule has 5 rings (SSSR count). The summed E-state index contributed by atoms with van der Waals surface area (Å²) in [6.45, 7) is 9.49. The molecule has 0 radical (unpaired) electrons. The van der Waals surface area contributed by atoms with Gasteiger partial charge in [0.1, 0.15) is 6.33 Å². The molecule has 0 atom stereocenters. The Hall–Kier alpha value is -2.94. The van der Waals surface area contributed by atoms with Gasteiger partial charge in [0.05, 0.1) is 17.0 Å². The van der Waals surface area contributed by atoms with Crippen LogP contribution in [0.2, 0.25) is 0 Å². The van der Waals surface area contributed by atoms with Crippen LogP contribution in [0.1, 0.15) is 72.8 Å². The fourth-order valence-corrected chi connectivity index (χ4v) is 6.52. The Balaban J connectivity index is 1.20. The number of carbonyl (C=O) groups excluding carboxylic acids is 2. The summed E-state index contributed by atoms with van der Waals surface area (Å²) >= 11 is 0. The van der Waals surface area contributed by atoms with Crippen molar-refractivity contribution < 1.29 is 18.4 Å². The number of hydrogen-bond donors (Lipinski definition) is 0. The first kappa shape index (κ1) is 27.6. The fraction of sp³-hybridized carbons (Fsp3) is 0.600. The van der Waals surface area contributed by atoms with Gasteiger partial charge in [-0.25, -0.2) is 18.7 Å². The highest BCUT2D eigenvalue weighted by Crippen LogP contribution is 2.44. The Morgan fingerprint density at radius 2 is 1.56 bits per heavy atom. The quantitative estimate of drug-likeness (QED) is 0.536. The van der Waals surface area contributed by atoms with Crippen molar-refractivity contribution >= 4 is 11.8 Å². The average molecular weight is 540 g/mol. The summed E-state index contributed by atoms with van der Waals surface area (Å²) in [5.74, 6) is -3.42. The Labute approximate surface area is 229 Å². The number of piperidine rings is 2. The molecule has 0 spiro atoms. The van der Waals surface area contributed by atoms with E-state index in [2.05, 4.69) is 21.8 Å². The maximum atomic E-state index is 13.6. The number of nitrogens with zero attached hydrogens (tertiary/aromatic N) is 5. The summed E-state index contributed by atoms with van der Waals surface area (Å²) in [7, 11) is 0. The molecule has 2 amide bonds. The lowest BCUT2D eigenvalue weighted by Crippen LogP contribution is -2.59. The number of halogens is 2. The van der Waals surface area contributed by atoms with Gasteiger partial charge in [-0.2, -0.15) is 0 Å². The van der Waals surface area contributed by atoms with E-state index < -0.39 is 11.8 Å². The first-order valence-corrected chi connectivity index (χ1v) is 14.1. The van der Waals surface area contributed by atoms with E-state index >= 15 is 0 Å².